The van der Waals surface area contributed by atoms with Crippen LogP contribution in [0.25, 0.3) is 0 Å². The summed E-state index contributed by atoms with van der Waals surface area (Å²) < 4.78 is 7.19. The molecule has 34 heavy (non-hydrogen) atoms. The molecule has 2 amide bonds. The average Bonchev–Trinajstić information content (AvgIpc) is 3.22. The van der Waals surface area contributed by atoms with Gasteiger partial charge in [-0.05, 0) is 55.2 Å². The highest BCUT2D eigenvalue weighted by atomic mass is 35.5. The van der Waals surface area contributed by atoms with Gasteiger partial charge >= 0.3 is 0 Å². The number of nitrogens with zero attached hydrogens (tertiary/aromatic N) is 3. The number of anilines is 1. The van der Waals surface area contributed by atoms with Crippen molar-refractivity contribution in [1.29, 1.82) is 0 Å². The minimum absolute atomic E-state index is 0.0767. The first kappa shape index (κ1) is 23.6. The molecule has 2 aromatic carbocycles. The fraction of sp³-hybridized carbons (Fsp3) is 0.320. The Labute approximate surface area is 203 Å². The van der Waals surface area contributed by atoms with Gasteiger partial charge in [-0.1, -0.05) is 29.8 Å². The Kier molecular flexibility index (Phi) is 7.69. The number of hydrogen-bond acceptors (Lipinski definition) is 5. The lowest BCUT2D eigenvalue weighted by Crippen LogP contribution is -2.35. The number of carbonyl (C=O) groups excluding carboxylic acids is 2. The number of nitrogen functional groups attached to an aromatic ring is 1. The quantitative estimate of drug-likeness (QED) is 0.478. The van der Waals surface area contributed by atoms with Gasteiger partial charge in [0, 0.05) is 29.9 Å². The van der Waals surface area contributed by atoms with Gasteiger partial charge in [-0.3, -0.25) is 14.3 Å². The number of likely N-dealkylation sites (tertiary alicyclic amines) is 1. The van der Waals surface area contributed by atoms with E-state index in [2.05, 4.69) is 10.4 Å². The van der Waals surface area contributed by atoms with Crippen LogP contribution < -0.4 is 15.8 Å². The molecule has 3 aromatic rings. The Bertz CT molecular complexity index is 1140. The number of hydrogen-bond donors (Lipinski definition) is 2. The Morgan fingerprint density at radius 1 is 1.09 bits per heavy atom. The molecule has 3 N–H and O–H groups in total. The maximum Gasteiger partial charge on any atom is 0.256 e. The molecule has 0 bridgehead atoms. The normalized spacial score (nSPS) is 13.5. The van der Waals surface area contributed by atoms with E-state index in [1.807, 2.05) is 29.2 Å². The number of ether oxygens (including phenoxy) is 1. The third kappa shape index (κ3) is 6.08. The van der Waals surface area contributed by atoms with Crippen molar-refractivity contribution < 1.29 is 14.3 Å². The number of carbonyl (C=O) groups is 2. The first-order chi connectivity index (χ1) is 16.5. The molecule has 1 fully saturated rings. The van der Waals surface area contributed by atoms with Crippen molar-refractivity contribution in [3.8, 4) is 5.75 Å². The van der Waals surface area contributed by atoms with Gasteiger partial charge in [0.15, 0.2) is 5.82 Å². The van der Waals surface area contributed by atoms with Crippen LogP contribution in [0.3, 0.4) is 0 Å². The molecule has 4 rings (SSSR count). The Morgan fingerprint density at radius 3 is 2.59 bits per heavy atom. The largest absolute Gasteiger partial charge is 0.492 e. The van der Waals surface area contributed by atoms with E-state index < -0.39 is 0 Å². The molecule has 0 atom stereocenters. The highest BCUT2D eigenvalue weighted by Gasteiger charge is 2.18. The highest BCUT2D eigenvalue weighted by molar-refractivity contribution is 6.30. The average molecular weight is 482 g/mol. The maximum absolute atomic E-state index is 12.6. The highest BCUT2D eigenvalue weighted by Crippen LogP contribution is 2.17. The van der Waals surface area contributed by atoms with E-state index in [1.165, 1.54) is 6.42 Å². The summed E-state index contributed by atoms with van der Waals surface area (Å²) in [6.45, 7) is 2.69. The van der Waals surface area contributed by atoms with Crippen molar-refractivity contribution in [2.75, 3.05) is 32.0 Å². The van der Waals surface area contributed by atoms with Crippen LogP contribution in [0.15, 0.2) is 54.7 Å². The van der Waals surface area contributed by atoms with Gasteiger partial charge in [0.1, 0.15) is 17.9 Å². The van der Waals surface area contributed by atoms with Crippen molar-refractivity contribution in [3.63, 3.8) is 0 Å². The van der Waals surface area contributed by atoms with Gasteiger partial charge in [0.25, 0.3) is 11.8 Å². The second kappa shape index (κ2) is 11.1. The molecule has 1 saturated heterocycles. The number of halogens is 1. The number of piperidine rings is 1. The topological polar surface area (TPSA) is 102 Å². The Balaban J connectivity index is 1.29. The molecule has 1 aromatic heterocycles. The zero-order valence-corrected chi connectivity index (χ0v) is 19.6. The summed E-state index contributed by atoms with van der Waals surface area (Å²) in [5.74, 6) is 0.552. The lowest BCUT2D eigenvalue weighted by atomic mass is 10.1. The van der Waals surface area contributed by atoms with Gasteiger partial charge in [-0.15, -0.1) is 0 Å². The molecule has 0 saturated carbocycles. The van der Waals surface area contributed by atoms with E-state index in [0.717, 1.165) is 31.5 Å². The standard InChI is InChI=1S/C25H28ClN5O3/c26-20-5-4-6-21(15-20)34-14-11-28-24(32)22-17-31(29-23(22)27)16-18-7-9-19(10-8-18)25(33)30-12-2-1-3-13-30/h4-10,15,17H,1-3,11-14,16H2,(H2,27,29)(H,28,32). The molecular weight excluding hydrogens is 454 g/mol. The van der Waals surface area contributed by atoms with E-state index in [9.17, 15) is 9.59 Å². The van der Waals surface area contributed by atoms with Crippen molar-refractivity contribution in [1.82, 2.24) is 20.0 Å². The number of rotatable bonds is 8. The van der Waals surface area contributed by atoms with Crippen LogP contribution in [0, 0.1) is 0 Å². The zero-order valence-electron chi connectivity index (χ0n) is 18.9. The smallest absolute Gasteiger partial charge is 0.256 e. The van der Waals surface area contributed by atoms with Crippen LogP contribution >= 0.6 is 11.6 Å². The van der Waals surface area contributed by atoms with E-state index in [-0.39, 0.29) is 17.6 Å². The first-order valence-corrected chi connectivity index (χ1v) is 11.7. The number of nitrogens with two attached hydrogens (primary N) is 1. The molecule has 1 aliphatic rings. The van der Waals surface area contributed by atoms with Crippen LogP contribution in [0.4, 0.5) is 5.82 Å². The van der Waals surface area contributed by atoms with Crippen molar-refractivity contribution in [3.05, 3.63) is 76.4 Å². The first-order valence-electron chi connectivity index (χ1n) is 11.4. The van der Waals surface area contributed by atoms with Crippen molar-refractivity contribution in [2.24, 2.45) is 0 Å². The number of nitrogens with one attached hydrogen (secondary N) is 1. The third-order valence-corrected chi connectivity index (χ3v) is 5.91. The van der Waals surface area contributed by atoms with Crippen LogP contribution in [0.5, 0.6) is 5.75 Å². The maximum atomic E-state index is 12.6. The molecule has 0 spiro atoms. The minimum Gasteiger partial charge on any atom is -0.492 e. The third-order valence-electron chi connectivity index (χ3n) is 5.68. The molecule has 9 heteroatoms. The molecule has 1 aliphatic heterocycles. The van der Waals surface area contributed by atoms with Gasteiger partial charge in [-0.25, -0.2) is 0 Å². The molecular formula is C25H28ClN5O3. The lowest BCUT2D eigenvalue weighted by molar-refractivity contribution is 0.0724. The fourth-order valence-corrected chi connectivity index (χ4v) is 4.08. The number of aromatic nitrogens is 2. The molecule has 8 nitrogen and oxygen atoms in total. The summed E-state index contributed by atoms with van der Waals surface area (Å²) in [6, 6.07) is 14.6. The van der Waals surface area contributed by atoms with Crippen LogP contribution in [-0.2, 0) is 6.54 Å². The lowest BCUT2D eigenvalue weighted by Gasteiger charge is -2.26. The minimum atomic E-state index is -0.319. The monoisotopic (exact) mass is 481 g/mol. The van der Waals surface area contributed by atoms with E-state index in [4.69, 9.17) is 22.1 Å². The number of benzene rings is 2. The van der Waals surface area contributed by atoms with Crippen molar-refractivity contribution >= 4 is 29.2 Å². The summed E-state index contributed by atoms with van der Waals surface area (Å²) in [5, 5.41) is 7.62. The predicted molar refractivity (Wildman–Crippen MR) is 131 cm³/mol. The molecule has 0 radical (unpaired) electrons. The summed E-state index contributed by atoms with van der Waals surface area (Å²) in [6.07, 6.45) is 4.94. The SMILES string of the molecule is Nc1nn(Cc2ccc(C(=O)N3CCCCC3)cc2)cc1C(=O)NCCOc1cccc(Cl)c1. The molecule has 0 unspecified atom stereocenters. The summed E-state index contributed by atoms with van der Waals surface area (Å²) in [4.78, 5) is 27.0. The van der Waals surface area contributed by atoms with Gasteiger partial charge in [0.2, 0.25) is 0 Å². The van der Waals surface area contributed by atoms with Gasteiger partial charge in [-0.2, -0.15) is 5.10 Å². The van der Waals surface area contributed by atoms with Crippen LogP contribution in [-0.4, -0.2) is 52.7 Å². The molecule has 178 valence electrons. The Morgan fingerprint density at radius 2 is 1.85 bits per heavy atom. The van der Waals surface area contributed by atoms with E-state index in [1.54, 1.807) is 35.1 Å². The van der Waals surface area contributed by atoms with E-state index >= 15 is 0 Å². The van der Waals surface area contributed by atoms with Crippen molar-refractivity contribution in [2.45, 2.75) is 25.8 Å². The summed E-state index contributed by atoms with van der Waals surface area (Å²) in [5.41, 5.74) is 7.91. The zero-order chi connectivity index (χ0) is 23.9. The van der Waals surface area contributed by atoms with Gasteiger partial charge < -0.3 is 20.7 Å². The second-order valence-electron chi connectivity index (χ2n) is 8.24. The number of amides is 2. The predicted octanol–water partition coefficient (Wildman–Crippen LogP) is 3.60. The molecule has 2 heterocycles. The fourth-order valence-electron chi connectivity index (χ4n) is 3.90. The second-order valence-corrected chi connectivity index (χ2v) is 8.67. The summed E-state index contributed by atoms with van der Waals surface area (Å²) in [7, 11) is 0. The molecule has 0 aliphatic carbocycles. The van der Waals surface area contributed by atoms with Crippen LogP contribution in [0.1, 0.15) is 45.5 Å². The van der Waals surface area contributed by atoms with Gasteiger partial charge in [0.05, 0.1) is 13.1 Å². The van der Waals surface area contributed by atoms with E-state index in [0.29, 0.717) is 41.6 Å². The Hall–Kier alpha value is -3.52. The summed E-state index contributed by atoms with van der Waals surface area (Å²) >= 11 is 5.93. The van der Waals surface area contributed by atoms with Crippen LogP contribution in [0.2, 0.25) is 5.02 Å².